The third-order valence-corrected chi connectivity index (χ3v) is 13.3. The van der Waals surface area contributed by atoms with Gasteiger partial charge >= 0.3 is 0 Å². The van der Waals surface area contributed by atoms with E-state index >= 15 is 0 Å². The van der Waals surface area contributed by atoms with E-state index in [0.29, 0.717) is 79.2 Å². The Balaban J connectivity index is 1.26. The predicted octanol–water partition coefficient (Wildman–Crippen LogP) is 8.68. The van der Waals surface area contributed by atoms with E-state index in [1.807, 2.05) is 56.4 Å². The first-order valence-electron chi connectivity index (χ1n) is 22.8. The van der Waals surface area contributed by atoms with E-state index in [2.05, 4.69) is 5.32 Å². The van der Waals surface area contributed by atoms with E-state index in [1.54, 1.807) is 44.6 Å². The van der Waals surface area contributed by atoms with Crippen LogP contribution in [0.15, 0.2) is 72.8 Å². The van der Waals surface area contributed by atoms with Gasteiger partial charge in [0.15, 0.2) is 0 Å². The van der Waals surface area contributed by atoms with Gasteiger partial charge in [-0.05, 0) is 141 Å². The van der Waals surface area contributed by atoms with Crippen LogP contribution in [0.4, 0.5) is 0 Å². The van der Waals surface area contributed by atoms with Crippen molar-refractivity contribution in [3.8, 4) is 51.4 Å². The Hall–Kier alpha value is -5.24. The molecule has 0 saturated heterocycles. The molecule has 6 N–H and O–H groups in total. The average molecular weight is 878 g/mol. The molecule has 0 spiro atoms. The van der Waals surface area contributed by atoms with Gasteiger partial charge in [0.2, 0.25) is 0 Å². The second-order valence-corrected chi connectivity index (χ2v) is 17.5. The van der Waals surface area contributed by atoms with Crippen LogP contribution in [0, 0.1) is 11.8 Å². The van der Waals surface area contributed by atoms with Crippen LogP contribution in [-0.4, -0.2) is 91.5 Å². The lowest BCUT2D eigenvalue weighted by Gasteiger charge is -2.47. The van der Waals surface area contributed by atoms with Crippen molar-refractivity contribution in [2.24, 2.45) is 11.8 Å². The van der Waals surface area contributed by atoms with Gasteiger partial charge in [-0.3, -0.25) is 0 Å². The third-order valence-electron chi connectivity index (χ3n) is 13.3. The largest absolute Gasteiger partial charge is 0.508 e. The number of aliphatic hydroxyl groups excluding tert-OH is 2. The number of nitrogens with one attached hydrogen (secondary N) is 1. The predicted molar refractivity (Wildman–Crippen MR) is 245 cm³/mol. The molecule has 342 valence electrons. The number of ether oxygens (including phenoxy) is 6. The average Bonchev–Trinajstić information content (AvgIpc) is 3.80. The van der Waals surface area contributed by atoms with Crippen molar-refractivity contribution in [2.45, 2.75) is 95.2 Å². The molecule has 5 aromatic carbocycles. The minimum atomic E-state index is -1.04. The third kappa shape index (κ3) is 9.44. The number of phenolic OH excluding ortho intramolecular Hbond substituents is 3. The molecule has 0 aromatic heterocycles. The highest BCUT2D eigenvalue weighted by Gasteiger charge is 2.50. The molecule has 0 radical (unpaired) electrons. The maximum Gasteiger partial charge on any atom is 0.133 e. The molecule has 12 heteroatoms. The quantitative estimate of drug-likeness (QED) is 0.0464. The summed E-state index contributed by atoms with van der Waals surface area (Å²) in [4.78, 5) is 0. The van der Waals surface area contributed by atoms with Crippen molar-refractivity contribution in [3.63, 3.8) is 0 Å². The van der Waals surface area contributed by atoms with Crippen molar-refractivity contribution in [2.75, 3.05) is 47.6 Å². The Morgan fingerprint density at radius 1 is 0.859 bits per heavy atom. The van der Waals surface area contributed by atoms with Crippen LogP contribution in [0.3, 0.4) is 0 Å². The summed E-state index contributed by atoms with van der Waals surface area (Å²) in [5.74, 6) is 1.81. The van der Waals surface area contributed by atoms with Gasteiger partial charge in [-0.1, -0.05) is 19.1 Å². The summed E-state index contributed by atoms with van der Waals surface area (Å²) in [6.45, 7) is 3.04. The summed E-state index contributed by atoms with van der Waals surface area (Å²) in [5, 5.41) is 60.1. The van der Waals surface area contributed by atoms with Gasteiger partial charge in [-0.25, -0.2) is 0 Å². The number of phenols is 3. The molecule has 2 aliphatic heterocycles. The fraction of sp³-hybridized carbons (Fsp3) is 0.462. The zero-order valence-electron chi connectivity index (χ0n) is 37.3. The van der Waals surface area contributed by atoms with Crippen LogP contribution in [0.2, 0.25) is 0 Å². The van der Waals surface area contributed by atoms with Crippen LogP contribution in [0.25, 0.3) is 21.9 Å². The van der Waals surface area contributed by atoms with Crippen LogP contribution in [-0.2, 0) is 22.3 Å². The lowest BCUT2D eigenvalue weighted by atomic mass is 9.72. The molecule has 1 saturated carbocycles. The molecule has 0 bridgehead atoms. The zero-order valence-corrected chi connectivity index (χ0v) is 37.3. The molecule has 8 rings (SSSR count). The Bertz CT molecular complexity index is 2390. The smallest absolute Gasteiger partial charge is 0.133 e. The second kappa shape index (κ2) is 20.3. The molecule has 3 aliphatic rings. The van der Waals surface area contributed by atoms with Crippen molar-refractivity contribution in [1.29, 1.82) is 0 Å². The molecule has 2 heterocycles. The van der Waals surface area contributed by atoms with E-state index in [0.717, 1.165) is 64.5 Å². The maximum absolute atomic E-state index is 13.0. The summed E-state index contributed by atoms with van der Waals surface area (Å²) < 4.78 is 39.3. The minimum absolute atomic E-state index is 0.0487. The monoisotopic (exact) mass is 877 g/mol. The van der Waals surface area contributed by atoms with Gasteiger partial charge in [0.1, 0.15) is 46.4 Å². The van der Waals surface area contributed by atoms with E-state index < -0.39 is 36.3 Å². The molecule has 5 aromatic rings. The molecule has 1 fully saturated rings. The molecule has 0 amide bonds. The maximum atomic E-state index is 13.0. The number of likely N-dealkylation sites (N-methyl/N-ethyl adjacent to an activating group) is 1. The lowest BCUT2D eigenvalue weighted by molar-refractivity contribution is -0.135. The second-order valence-electron chi connectivity index (χ2n) is 17.5. The van der Waals surface area contributed by atoms with Gasteiger partial charge in [-0.2, -0.15) is 0 Å². The Morgan fingerprint density at radius 3 is 2.41 bits per heavy atom. The van der Waals surface area contributed by atoms with Gasteiger partial charge in [0.25, 0.3) is 0 Å². The van der Waals surface area contributed by atoms with Crippen LogP contribution >= 0.6 is 0 Å². The molecule has 1 aliphatic carbocycles. The highest BCUT2D eigenvalue weighted by atomic mass is 16.5. The first kappa shape index (κ1) is 45.3. The van der Waals surface area contributed by atoms with Crippen molar-refractivity contribution in [3.05, 3.63) is 101 Å². The highest BCUT2D eigenvalue weighted by molar-refractivity contribution is 5.96. The van der Waals surface area contributed by atoms with E-state index in [4.69, 9.17) is 28.4 Å². The fourth-order valence-corrected chi connectivity index (χ4v) is 10.2. The number of methoxy groups -OCH3 is 2. The number of hydrogen-bond donors (Lipinski definition) is 6. The number of rotatable bonds is 18. The summed E-state index contributed by atoms with van der Waals surface area (Å²) >= 11 is 0. The van der Waals surface area contributed by atoms with Crippen LogP contribution in [0.5, 0.6) is 40.2 Å². The topological polar surface area (TPSA) is 169 Å². The summed E-state index contributed by atoms with van der Waals surface area (Å²) in [6, 6.07) is 21.9. The van der Waals surface area contributed by atoms with Gasteiger partial charge < -0.3 is 59.3 Å². The molecular formula is C52H63NO11. The van der Waals surface area contributed by atoms with Crippen molar-refractivity contribution in [1.82, 2.24) is 5.32 Å². The number of fused-ring (bicyclic) bond motifs is 4. The molecule has 64 heavy (non-hydrogen) atoms. The Labute approximate surface area is 375 Å². The number of aromatic hydroxyl groups is 3. The highest BCUT2D eigenvalue weighted by Crippen LogP contribution is 2.55. The van der Waals surface area contributed by atoms with E-state index in [1.165, 1.54) is 0 Å². The summed E-state index contributed by atoms with van der Waals surface area (Å²) in [7, 11) is 5.12. The van der Waals surface area contributed by atoms with E-state index in [-0.39, 0.29) is 36.6 Å². The van der Waals surface area contributed by atoms with Crippen molar-refractivity contribution < 1.29 is 54.0 Å². The summed E-state index contributed by atoms with van der Waals surface area (Å²) in [6.07, 6.45) is 4.22. The first-order valence-corrected chi connectivity index (χ1v) is 22.8. The molecule has 6 unspecified atom stereocenters. The Kier molecular flexibility index (Phi) is 14.4. The Morgan fingerprint density at radius 2 is 1.67 bits per heavy atom. The van der Waals surface area contributed by atoms with Gasteiger partial charge in [0.05, 0.1) is 38.1 Å². The first-order chi connectivity index (χ1) is 31.1. The molecule has 6 atom stereocenters. The zero-order chi connectivity index (χ0) is 44.9. The van der Waals surface area contributed by atoms with Crippen LogP contribution < -0.4 is 24.3 Å². The normalized spacial score (nSPS) is 21.2. The fourth-order valence-electron chi connectivity index (χ4n) is 10.2. The molecular weight excluding hydrogens is 815 g/mol. The number of aliphatic hydroxyl groups is 2. The lowest BCUT2D eigenvalue weighted by Crippen LogP contribution is -2.48. The number of aryl methyl sites for hydroxylation is 1. The summed E-state index contributed by atoms with van der Waals surface area (Å²) in [5.41, 5.74) is 5.48. The number of benzene rings is 5. The van der Waals surface area contributed by atoms with Gasteiger partial charge in [-0.15, -0.1) is 0 Å². The molecule has 12 nitrogen and oxygen atoms in total. The van der Waals surface area contributed by atoms with Crippen molar-refractivity contribution >= 4 is 10.8 Å². The van der Waals surface area contributed by atoms with Crippen LogP contribution in [0.1, 0.15) is 91.9 Å². The van der Waals surface area contributed by atoms with E-state index in [9.17, 15) is 25.5 Å². The minimum Gasteiger partial charge on any atom is -0.508 e. The number of hydrogen-bond acceptors (Lipinski definition) is 12. The standard InChI is InChI=1S/C52H63NO11/c1-5-30-23-40(31-10-8-11-34(55)21-31)32(24-45(30)57)20-33-22-38(62-36-12-6-7-13-36)26-42-49(58)44(29-61-50(33)42)48-46(14-9-19-59-3)64-51-39-16-15-35(56)25-41(39)47(60-4)27-43(51)52(48)63-37(17-18-54)28-53-2/h8,10-11,15-16,21-27,36-37,44,46,48-49,52-58H,5-7,9,12-14,17-20,28-29H2,1-4H3. The van der Waals surface area contributed by atoms with Gasteiger partial charge in [0, 0.05) is 72.6 Å². The SMILES string of the molecule is CCc1cc(-c2cccc(O)c2)c(Cc2cc(OC3CCCC3)cc3c2OCC(C2C(CCCOC)Oc4c(cc(OC)c5cc(O)ccc45)C2OC(CCO)CNC)C3O)cc1O.